The fraction of sp³-hybridized carbons (Fsp3) is 0.571. The minimum absolute atomic E-state index is 0.0235. The molecular weight excluding hydrogens is 312 g/mol. The van der Waals surface area contributed by atoms with Gasteiger partial charge in [-0.2, -0.15) is 0 Å². The molecule has 0 fully saturated rings. The van der Waals surface area contributed by atoms with Crippen LogP contribution in [0.25, 0.3) is 10.9 Å². The predicted octanol–water partition coefficient (Wildman–Crippen LogP) is 4.25. The van der Waals surface area contributed by atoms with Gasteiger partial charge in [-0.3, -0.25) is 0 Å². The van der Waals surface area contributed by atoms with Gasteiger partial charge < -0.3 is 19.0 Å². The van der Waals surface area contributed by atoms with Gasteiger partial charge in [0.2, 0.25) is 0 Å². The molecule has 3 rings (SSSR count). The fourth-order valence-electron chi connectivity index (χ4n) is 3.64. The number of carbonyl (C=O) groups excluding carboxylic acids is 1. The summed E-state index contributed by atoms with van der Waals surface area (Å²) in [6.45, 7) is 9.73. The number of aromatic nitrogens is 1. The number of aldehydes is 1. The van der Waals surface area contributed by atoms with Crippen molar-refractivity contribution in [1.29, 1.82) is 0 Å². The molecule has 1 unspecified atom stereocenters. The lowest BCUT2D eigenvalue weighted by Gasteiger charge is -2.20. The molecule has 0 radical (unpaired) electrons. The Bertz CT molecular complexity index is 701. The molecule has 1 atom stereocenters. The Morgan fingerprint density at radius 1 is 1.28 bits per heavy atom. The molecule has 0 spiro atoms. The molecule has 1 heterocycles. The zero-order valence-electron chi connectivity index (χ0n) is 16.3. The number of aryl methyl sites for hydroxylation is 1. The molecule has 2 aromatic rings. The number of hydrogen-bond acceptors (Lipinski definition) is 3. The third-order valence-corrected chi connectivity index (χ3v) is 5.28. The van der Waals surface area contributed by atoms with Gasteiger partial charge >= 0.3 is 0 Å². The third-order valence-electron chi connectivity index (χ3n) is 5.28. The van der Waals surface area contributed by atoms with E-state index in [4.69, 9.17) is 4.74 Å². The van der Waals surface area contributed by atoms with Crippen LogP contribution in [0.4, 0.5) is 0 Å². The summed E-state index contributed by atoms with van der Waals surface area (Å²) >= 11 is 0. The molecule has 1 aliphatic rings. The minimum Gasteiger partial charge on any atom is -0.496 e. The predicted molar refractivity (Wildman–Crippen MR) is 105 cm³/mol. The van der Waals surface area contributed by atoms with Crippen LogP contribution in [0.2, 0.25) is 0 Å². The lowest BCUT2D eigenvalue weighted by atomic mass is 9.86. The van der Waals surface area contributed by atoms with Gasteiger partial charge in [-0.05, 0) is 64.0 Å². The quantitative estimate of drug-likeness (QED) is 0.761. The highest BCUT2D eigenvalue weighted by molar-refractivity contribution is 5.94. The van der Waals surface area contributed by atoms with Crippen molar-refractivity contribution in [3.05, 3.63) is 29.5 Å². The molecule has 0 saturated carbocycles. The van der Waals surface area contributed by atoms with Gasteiger partial charge in [0.05, 0.1) is 12.6 Å². The SMILES string of the molecule is CCN(C)CC.CCn1c2c(c3c(OC)cccc31)C(C=O)CCC2. The van der Waals surface area contributed by atoms with Crippen molar-refractivity contribution < 1.29 is 9.53 Å². The highest BCUT2D eigenvalue weighted by atomic mass is 16.5. The minimum atomic E-state index is 0.0235. The van der Waals surface area contributed by atoms with Gasteiger partial charge in [0.1, 0.15) is 12.0 Å². The summed E-state index contributed by atoms with van der Waals surface area (Å²) in [6.07, 6.45) is 4.21. The van der Waals surface area contributed by atoms with E-state index in [9.17, 15) is 4.79 Å². The lowest BCUT2D eigenvalue weighted by Crippen LogP contribution is -2.15. The number of ether oxygens (including phenoxy) is 1. The third kappa shape index (κ3) is 3.90. The van der Waals surface area contributed by atoms with E-state index >= 15 is 0 Å². The van der Waals surface area contributed by atoms with Crippen LogP contribution < -0.4 is 4.74 Å². The first kappa shape index (κ1) is 19.5. The van der Waals surface area contributed by atoms with Crippen LogP contribution in [0.1, 0.15) is 50.8 Å². The van der Waals surface area contributed by atoms with E-state index in [1.807, 2.05) is 12.1 Å². The van der Waals surface area contributed by atoms with E-state index in [0.717, 1.165) is 56.3 Å². The van der Waals surface area contributed by atoms with Crippen molar-refractivity contribution in [1.82, 2.24) is 9.47 Å². The summed E-state index contributed by atoms with van der Waals surface area (Å²) in [4.78, 5) is 13.7. The summed E-state index contributed by atoms with van der Waals surface area (Å²) < 4.78 is 7.85. The molecule has 0 bridgehead atoms. The highest BCUT2D eigenvalue weighted by Crippen LogP contribution is 2.42. The first-order chi connectivity index (χ1) is 12.1. The largest absolute Gasteiger partial charge is 0.496 e. The van der Waals surface area contributed by atoms with Gasteiger partial charge in [0, 0.05) is 23.5 Å². The number of benzene rings is 1. The number of hydrogen-bond donors (Lipinski definition) is 0. The zero-order valence-corrected chi connectivity index (χ0v) is 16.3. The summed E-state index contributed by atoms with van der Waals surface area (Å²) in [5, 5.41) is 1.14. The van der Waals surface area contributed by atoms with E-state index < -0.39 is 0 Å². The summed E-state index contributed by atoms with van der Waals surface area (Å²) in [7, 11) is 3.81. The van der Waals surface area contributed by atoms with Crippen molar-refractivity contribution in [3.63, 3.8) is 0 Å². The van der Waals surface area contributed by atoms with Crippen molar-refractivity contribution in [2.45, 2.75) is 52.5 Å². The van der Waals surface area contributed by atoms with Crippen LogP contribution in [0, 0.1) is 0 Å². The second kappa shape index (κ2) is 9.04. The lowest BCUT2D eigenvalue weighted by molar-refractivity contribution is -0.109. The topological polar surface area (TPSA) is 34.5 Å². The molecule has 0 N–H and O–H groups in total. The Kier molecular flexibility index (Phi) is 7.06. The summed E-state index contributed by atoms with van der Waals surface area (Å²) in [6, 6.07) is 6.13. The normalized spacial score (nSPS) is 16.3. The average molecular weight is 344 g/mol. The second-order valence-electron chi connectivity index (χ2n) is 6.58. The van der Waals surface area contributed by atoms with Gasteiger partial charge in [-0.15, -0.1) is 0 Å². The van der Waals surface area contributed by atoms with Crippen molar-refractivity contribution >= 4 is 17.2 Å². The van der Waals surface area contributed by atoms with Gasteiger partial charge in [0.25, 0.3) is 0 Å². The van der Waals surface area contributed by atoms with E-state index in [2.05, 4.69) is 43.4 Å². The average Bonchev–Trinajstić information content (AvgIpc) is 3.01. The molecule has 25 heavy (non-hydrogen) atoms. The van der Waals surface area contributed by atoms with Crippen LogP contribution >= 0.6 is 0 Å². The van der Waals surface area contributed by atoms with Crippen LogP contribution in [0.5, 0.6) is 5.75 Å². The van der Waals surface area contributed by atoms with Gasteiger partial charge in [0.15, 0.2) is 0 Å². The summed E-state index contributed by atoms with van der Waals surface area (Å²) in [5.41, 5.74) is 3.72. The Morgan fingerprint density at radius 2 is 2.00 bits per heavy atom. The maximum absolute atomic E-state index is 11.4. The molecule has 1 aromatic heterocycles. The molecule has 138 valence electrons. The number of methoxy groups -OCH3 is 1. The van der Waals surface area contributed by atoms with Crippen molar-refractivity contribution in [2.75, 3.05) is 27.2 Å². The molecule has 0 aliphatic heterocycles. The second-order valence-corrected chi connectivity index (χ2v) is 6.58. The number of nitrogens with zero attached hydrogens (tertiary/aromatic N) is 2. The molecule has 4 nitrogen and oxygen atoms in total. The van der Waals surface area contributed by atoms with E-state index in [0.29, 0.717) is 0 Å². The maximum atomic E-state index is 11.4. The molecule has 1 aromatic carbocycles. The van der Waals surface area contributed by atoms with Gasteiger partial charge in [-0.25, -0.2) is 0 Å². The number of carbonyl (C=O) groups is 1. The molecule has 0 amide bonds. The molecular formula is C21H32N2O2. The monoisotopic (exact) mass is 344 g/mol. The van der Waals surface area contributed by atoms with Gasteiger partial charge in [-0.1, -0.05) is 19.9 Å². The molecule has 1 aliphatic carbocycles. The smallest absolute Gasteiger partial charge is 0.128 e. The molecule has 4 heteroatoms. The number of fused-ring (bicyclic) bond motifs is 3. The van der Waals surface area contributed by atoms with E-state index in [-0.39, 0.29) is 5.92 Å². The Balaban J connectivity index is 0.000000326. The Labute approximate surface area is 151 Å². The Morgan fingerprint density at radius 3 is 2.52 bits per heavy atom. The van der Waals surface area contributed by atoms with Crippen LogP contribution in [-0.4, -0.2) is 43.0 Å². The summed E-state index contributed by atoms with van der Waals surface area (Å²) in [5.74, 6) is 0.907. The highest BCUT2D eigenvalue weighted by Gasteiger charge is 2.28. The fourth-order valence-corrected chi connectivity index (χ4v) is 3.64. The first-order valence-electron chi connectivity index (χ1n) is 9.44. The van der Waals surface area contributed by atoms with Crippen LogP contribution in [-0.2, 0) is 17.8 Å². The van der Waals surface area contributed by atoms with Crippen molar-refractivity contribution in [2.24, 2.45) is 0 Å². The zero-order chi connectivity index (χ0) is 18.4. The van der Waals surface area contributed by atoms with Crippen LogP contribution in [0.15, 0.2) is 18.2 Å². The first-order valence-corrected chi connectivity index (χ1v) is 9.44. The Hall–Kier alpha value is -1.81. The van der Waals surface area contributed by atoms with E-state index in [1.165, 1.54) is 16.8 Å². The van der Waals surface area contributed by atoms with Crippen LogP contribution in [0.3, 0.4) is 0 Å². The maximum Gasteiger partial charge on any atom is 0.128 e. The number of rotatable bonds is 5. The van der Waals surface area contributed by atoms with Crippen molar-refractivity contribution in [3.8, 4) is 5.75 Å². The van der Waals surface area contributed by atoms with E-state index in [1.54, 1.807) is 7.11 Å². The molecule has 0 saturated heterocycles. The standard InChI is InChI=1S/C16H19NO2.C5H13N/c1-3-17-12-7-4-6-11(10-18)15(12)16-13(17)8-5-9-14(16)19-2;1-4-6(3)5-2/h5,8-11H,3-4,6-7H2,1-2H3;4-5H2,1-3H3.